The molecule has 0 fully saturated rings. The highest BCUT2D eigenvalue weighted by Crippen LogP contribution is 2.40. The van der Waals surface area contributed by atoms with E-state index in [9.17, 15) is 4.79 Å². The molecule has 0 saturated carbocycles. The minimum absolute atomic E-state index is 0.0460. The third kappa shape index (κ3) is 4.67. The molecule has 1 aliphatic heterocycles. The summed E-state index contributed by atoms with van der Waals surface area (Å²) < 4.78 is 5.53. The van der Waals surface area contributed by atoms with Crippen molar-refractivity contribution in [3.8, 4) is 5.75 Å². The van der Waals surface area contributed by atoms with Crippen LogP contribution < -0.4 is 26.4 Å². The SMILES string of the molecule is COc1c(C)cnc(CN2CC(CNC(=O)C(N)C(C)C)c3c(Cl)nc(N)nc32)c1C. The fourth-order valence-corrected chi connectivity index (χ4v) is 4.17. The van der Waals surface area contributed by atoms with Crippen molar-refractivity contribution in [1.82, 2.24) is 20.3 Å². The first-order valence-corrected chi connectivity index (χ1v) is 10.6. The lowest BCUT2D eigenvalue weighted by atomic mass is 10.0. The molecule has 3 rings (SSSR count). The zero-order valence-electron chi connectivity index (χ0n) is 18.6. The Hall–Kier alpha value is -2.65. The number of nitrogen functional groups attached to an aromatic ring is 1. The molecule has 0 radical (unpaired) electrons. The zero-order valence-corrected chi connectivity index (χ0v) is 19.3. The Bertz CT molecular complexity index is 983. The fourth-order valence-electron chi connectivity index (χ4n) is 3.84. The average molecular weight is 448 g/mol. The van der Waals surface area contributed by atoms with Gasteiger partial charge in [0.15, 0.2) is 0 Å². The van der Waals surface area contributed by atoms with Crippen molar-refractivity contribution in [1.29, 1.82) is 0 Å². The van der Waals surface area contributed by atoms with Gasteiger partial charge in [-0.25, -0.2) is 4.98 Å². The summed E-state index contributed by atoms with van der Waals surface area (Å²) >= 11 is 6.44. The number of amides is 1. The molecule has 1 aliphatic rings. The third-order valence-corrected chi connectivity index (χ3v) is 5.97. The van der Waals surface area contributed by atoms with Gasteiger partial charge in [0.1, 0.15) is 16.7 Å². The van der Waals surface area contributed by atoms with Crippen LogP contribution in [-0.2, 0) is 11.3 Å². The summed E-state index contributed by atoms with van der Waals surface area (Å²) in [5.74, 6) is 1.33. The van der Waals surface area contributed by atoms with E-state index in [0.29, 0.717) is 30.6 Å². The van der Waals surface area contributed by atoms with Gasteiger partial charge in [0.05, 0.1) is 25.4 Å². The van der Waals surface area contributed by atoms with E-state index in [1.807, 2.05) is 27.7 Å². The average Bonchev–Trinajstić information content (AvgIpc) is 3.05. The molecule has 0 saturated heterocycles. The molecule has 10 heteroatoms. The molecule has 9 nitrogen and oxygen atoms in total. The van der Waals surface area contributed by atoms with Gasteiger partial charge in [-0.1, -0.05) is 25.4 Å². The minimum atomic E-state index is -0.568. The van der Waals surface area contributed by atoms with Crippen molar-refractivity contribution in [2.45, 2.75) is 46.2 Å². The number of rotatable bonds is 7. The van der Waals surface area contributed by atoms with Gasteiger partial charge in [0.25, 0.3) is 0 Å². The van der Waals surface area contributed by atoms with Gasteiger partial charge in [-0.3, -0.25) is 9.78 Å². The molecule has 2 aromatic rings. The van der Waals surface area contributed by atoms with Gasteiger partial charge in [-0.15, -0.1) is 0 Å². The van der Waals surface area contributed by atoms with Crippen molar-refractivity contribution in [2.24, 2.45) is 11.7 Å². The van der Waals surface area contributed by atoms with E-state index in [1.54, 1.807) is 13.3 Å². The predicted molar refractivity (Wildman–Crippen MR) is 121 cm³/mol. The number of pyridine rings is 1. The highest BCUT2D eigenvalue weighted by atomic mass is 35.5. The maximum absolute atomic E-state index is 12.4. The maximum Gasteiger partial charge on any atom is 0.237 e. The highest BCUT2D eigenvalue weighted by molar-refractivity contribution is 6.30. The Morgan fingerprint density at radius 3 is 2.74 bits per heavy atom. The van der Waals surface area contributed by atoms with Crippen molar-refractivity contribution < 1.29 is 9.53 Å². The summed E-state index contributed by atoms with van der Waals surface area (Å²) in [6.07, 6.45) is 1.80. The second kappa shape index (κ2) is 9.23. The number of hydrogen-bond donors (Lipinski definition) is 3. The number of aromatic nitrogens is 3. The second-order valence-electron chi connectivity index (χ2n) is 8.25. The van der Waals surface area contributed by atoms with Crippen LogP contribution in [0.3, 0.4) is 0 Å². The Morgan fingerprint density at radius 1 is 1.39 bits per heavy atom. The first kappa shape index (κ1) is 23.0. The van der Waals surface area contributed by atoms with Crippen LogP contribution in [0.1, 0.15) is 42.1 Å². The molecule has 168 valence electrons. The predicted octanol–water partition coefficient (Wildman–Crippen LogP) is 1.94. The number of nitrogens with one attached hydrogen (secondary N) is 1. The van der Waals surface area contributed by atoms with E-state index in [2.05, 4.69) is 25.2 Å². The molecular weight excluding hydrogens is 418 g/mol. The molecule has 31 heavy (non-hydrogen) atoms. The number of carbonyl (C=O) groups is 1. The van der Waals surface area contributed by atoms with Gasteiger partial charge in [0, 0.05) is 41.9 Å². The van der Waals surface area contributed by atoms with Crippen LogP contribution in [0.25, 0.3) is 0 Å². The molecule has 2 atom stereocenters. The number of anilines is 2. The van der Waals surface area contributed by atoms with E-state index in [1.165, 1.54) is 0 Å². The van der Waals surface area contributed by atoms with E-state index in [0.717, 1.165) is 28.1 Å². The molecule has 2 unspecified atom stereocenters. The Labute approximate surface area is 187 Å². The highest BCUT2D eigenvalue weighted by Gasteiger charge is 2.34. The van der Waals surface area contributed by atoms with Crippen molar-refractivity contribution >= 4 is 29.3 Å². The molecule has 0 aromatic carbocycles. The summed E-state index contributed by atoms with van der Waals surface area (Å²) in [4.78, 5) is 27.6. The van der Waals surface area contributed by atoms with E-state index < -0.39 is 6.04 Å². The van der Waals surface area contributed by atoms with Gasteiger partial charge in [0.2, 0.25) is 11.9 Å². The van der Waals surface area contributed by atoms with Crippen LogP contribution >= 0.6 is 11.6 Å². The lowest BCUT2D eigenvalue weighted by Gasteiger charge is -2.21. The van der Waals surface area contributed by atoms with Crippen molar-refractivity contribution in [3.63, 3.8) is 0 Å². The molecule has 5 N–H and O–H groups in total. The Kier molecular flexibility index (Phi) is 6.86. The van der Waals surface area contributed by atoms with Crippen LogP contribution in [0, 0.1) is 19.8 Å². The molecule has 2 aromatic heterocycles. The van der Waals surface area contributed by atoms with Crippen LogP contribution in [0.2, 0.25) is 5.15 Å². The summed E-state index contributed by atoms with van der Waals surface area (Å²) in [5, 5.41) is 3.23. The smallest absolute Gasteiger partial charge is 0.237 e. The Morgan fingerprint density at radius 2 is 2.10 bits per heavy atom. The first-order valence-electron chi connectivity index (χ1n) is 10.2. The second-order valence-corrected chi connectivity index (χ2v) is 8.61. The third-order valence-electron chi connectivity index (χ3n) is 5.68. The molecule has 3 heterocycles. The number of nitrogens with two attached hydrogens (primary N) is 2. The number of halogens is 1. The summed E-state index contributed by atoms with van der Waals surface area (Å²) in [6, 6.07) is -0.568. The largest absolute Gasteiger partial charge is 0.496 e. The number of ether oxygens (including phenoxy) is 1. The summed E-state index contributed by atoms with van der Waals surface area (Å²) in [5.41, 5.74) is 15.4. The van der Waals surface area contributed by atoms with Crippen molar-refractivity contribution in [3.05, 3.63) is 33.7 Å². The first-order chi connectivity index (χ1) is 14.6. The standard InChI is InChI=1S/C21H30ClN7O2/c1-10(2)16(23)20(30)26-7-13-8-29(19-15(13)18(22)27-21(24)28-19)9-14-12(4)17(31-5)11(3)6-25-14/h6,10,13,16H,7-9,23H2,1-5H3,(H,26,30)(H2,24,27,28). The number of aryl methyl sites for hydroxylation is 1. The van der Waals surface area contributed by atoms with Gasteiger partial charge < -0.3 is 26.4 Å². The fraction of sp³-hybridized carbons (Fsp3) is 0.524. The normalized spacial score (nSPS) is 16.4. The zero-order chi connectivity index (χ0) is 22.9. The van der Waals surface area contributed by atoms with Gasteiger partial charge in [-0.2, -0.15) is 4.98 Å². The number of methoxy groups -OCH3 is 1. The number of hydrogen-bond acceptors (Lipinski definition) is 8. The van der Waals surface area contributed by atoms with E-state index in [-0.39, 0.29) is 23.7 Å². The van der Waals surface area contributed by atoms with E-state index >= 15 is 0 Å². The summed E-state index contributed by atoms with van der Waals surface area (Å²) in [6.45, 7) is 9.23. The topological polar surface area (TPSA) is 132 Å². The molecular formula is C21H30ClN7O2. The minimum Gasteiger partial charge on any atom is -0.496 e. The molecule has 0 bridgehead atoms. The van der Waals surface area contributed by atoms with Crippen LogP contribution in [0.4, 0.5) is 11.8 Å². The lowest BCUT2D eigenvalue weighted by Crippen LogP contribution is -2.45. The van der Waals surface area contributed by atoms with E-state index in [4.69, 9.17) is 27.8 Å². The van der Waals surface area contributed by atoms with Gasteiger partial charge >= 0.3 is 0 Å². The number of nitrogens with zero attached hydrogens (tertiary/aromatic N) is 4. The number of carbonyl (C=O) groups excluding carboxylic acids is 1. The van der Waals surface area contributed by atoms with Crippen LogP contribution in [-0.4, -0.2) is 47.1 Å². The molecule has 1 amide bonds. The number of fused-ring (bicyclic) bond motifs is 1. The maximum atomic E-state index is 12.4. The van der Waals surface area contributed by atoms with Gasteiger partial charge in [-0.05, 0) is 19.8 Å². The molecule has 0 aliphatic carbocycles. The lowest BCUT2D eigenvalue weighted by molar-refractivity contribution is -0.123. The van der Waals surface area contributed by atoms with Crippen LogP contribution in [0.5, 0.6) is 5.75 Å². The van der Waals surface area contributed by atoms with Crippen LogP contribution in [0.15, 0.2) is 6.20 Å². The quantitative estimate of drug-likeness (QED) is 0.548. The molecule has 0 spiro atoms. The monoisotopic (exact) mass is 447 g/mol. The van der Waals surface area contributed by atoms with Crippen molar-refractivity contribution in [2.75, 3.05) is 30.8 Å². The summed E-state index contributed by atoms with van der Waals surface area (Å²) in [7, 11) is 1.65. The Balaban J connectivity index is 1.87.